The molecule has 0 aliphatic heterocycles. The number of halogens is 1. The second kappa shape index (κ2) is 3.71. The fraction of sp³-hybridized carbons (Fsp3) is 0.100. The van der Waals surface area contributed by atoms with E-state index in [2.05, 4.69) is 27.6 Å². The van der Waals surface area contributed by atoms with Gasteiger partial charge in [0.15, 0.2) is 9.84 Å². The average Bonchev–Trinajstić information content (AvgIpc) is 2.15. The van der Waals surface area contributed by atoms with Gasteiger partial charge in [-0.05, 0) is 40.8 Å². The number of fused-ring (bicyclic) bond motifs is 1. The Labute approximate surface area is 102 Å². The third-order valence-electron chi connectivity index (χ3n) is 2.05. The van der Waals surface area contributed by atoms with Gasteiger partial charge in [-0.15, -0.1) is 0 Å². The summed E-state index contributed by atoms with van der Waals surface area (Å²) in [6.45, 7) is 0. The van der Waals surface area contributed by atoms with Gasteiger partial charge in [-0.25, -0.2) is 8.42 Å². The molecule has 2 aromatic rings. The lowest BCUT2D eigenvalue weighted by Crippen LogP contribution is -1.98. The third-order valence-corrected chi connectivity index (χ3v) is 3.80. The zero-order chi connectivity index (χ0) is 11.1. The van der Waals surface area contributed by atoms with Crippen LogP contribution in [-0.4, -0.2) is 19.7 Å². The summed E-state index contributed by atoms with van der Waals surface area (Å²) in [4.78, 5) is 4.52. The fourth-order valence-electron chi connectivity index (χ4n) is 1.42. The van der Waals surface area contributed by atoms with Crippen molar-refractivity contribution < 1.29 is 8.42 Å². The molecule has 1 heterocycles. The molecule has 1 aromatic heterocycles. The largest absolute Gasteiger partial charge is 0.255 e. The van der Waals surface area contributed by atoms with Crippen molar-refractivity contribution in [2.45, 2.75) is 4.90 Å². The molecule has 0 saturated carbocycles. The zero-order valence-electron chi connectivity index (χ0n) is 7.94. The molecule has 0 bridgehead atoms. The minimum absolute atomic E-state index is 0.339. The summed E-state index contributed by atoms with van der Waals surface area (Å²) in [6.07, 6.45) is 2.93. The molecule has 0 spiro atoms. The first-order valence-electron chi connectivity index (χ1n) is 4.23. The second-order valence-corrected chi connectivity index (χ2v) is 6.48. The van der Waals surface area contributed by atoms with E-state index in [1.807, 2.05) is 6.07 Å². The topological polar surface area (TPSA) is 47.0 Å². The highest BCUT2D eigenvalue weighted by molar-refractivity contribution is 14.1. The van der Waals surface area contributed by atoms with E-state index in [0.717, 1.165) is 3.57 Å². The molecule has 0 saturated heterocycles. The predicted molar refractivity (Wildman–Crippen MR) is 67.6 cm³/mol. The number of pyridine rings is 1. The number of benzene rings is 1. The molecule has 2 rings (SSSR count). The van der Waals surface area contributed by atoms with Crippen LogP contribution in [0.25, 0.3) is 10.9 Å². The summed E-state index contributed by atoms with van der Waals surface area (Å²) in [6, 6.07) is 6.95. The van der Waals surface area contributed by atoms with E-state index < -0.39 is 9.84 Å². The van der Waals surface area contributed by atoms with Gasteiger partial charge in [-0.3, -0.25) is 4.98 Å². The van der Waals surface area contributed by atoms with Crippen molar-refractivity contribution in [3.05, 3.63) is 34.0 Å². The van der Waals surface area contributed by atoms with Gasteiger partial charge in [0.1, 0.15) is 0 Å². The van der Waals surface area contributed by atoms with Crippen molar-refractivity contribution in [3.63, 3.8) is 0 Å². The Morgan fingerprint density at radius 1 is 1.33 bits per heavy atom. The van der Waals surface area contributed by atoms with Gasteiger partial charge in [-0.2, -0.15) is 0 Å². The van der Waals surface area contributed by atoms with Crippen molar-refractivity contribution in [3.8, 4) is 0 Å². The van der Waals surface area contributed by atoms with Crippen molar-refractivity contribution in [2.24, 2.45) is 0 Å². The monoisotopic (exact) mass is 333 g/mol. The van der Waals surface area contributed by atoms with Crippen molar-refractivity contribution in [1.82, 2.24) is 4.98 Å². The van der Waals surface area contributed by atoms with Crippen LogP contribution >= 0.6 is 22.6 Å². The van der Waals surface area contributed by atoms with Crippen LogP contribution in [0.3, 0.4) is 0 Å². The number of aromatic nitrogens is 1. The first kappa shape index (κ1) is 10.8. The van der Waals surface area contributed by atoms with Crippen LogP contribution in [0.5, 0.6) is 0 Å². The van der Waals surface area contributed by atoms with E-state index in [9.17, 15) is 8.42 Å². The Hall–Kier alpha value is -0.690. The molecular formula is C10H8INO2S. The van der Waals surface area contributed by atoms with E-state index in [4.69, 9.17) is 0 Å². The molecule has 0 unspecified atom stereocenters. The summed E-state index contributed by atoms with van der Waals surface area (Å²) in [7, 11) is -3.19. The molecule has 5 heteroatoms. The number of hydrogen-bond acceptors (Lipinski definition) is 3. The molecular weight excluding hydrogens is 325 g/mol. The molecule has 0 atom stereocenters. The quantitative estimate of drug-likeness (QED) is 0.752. The Balaban J connectivity index is 2.92. The maximum Gasteiger partial charge on any atom is 0.176 e. The Bertz CT molecular complexity index is 622. The van der Waals surface area contributed by atoms with Crippen molar-refractivity contribution in [1.29, 1.82) is 0 Å². The lowest BCUT2D eigenvalue weighted by Gasteiger charge is -2.03. The summed E-state index contributed by atoms with van der Waals surface area (Å²) >= 11 is 2.12. The van der Waals surface area contributed by atoms with Gasteiger partial charge in [0.25, 0.3) is 0 Å². The van der Waals surface area contributed by atoms with Gasteiger partial charge in [-0.1, -0.05) is 6.07 Å². The van der Waals surface area contributed by atoms with Gasteiger partial charge >= 0.3 is 0 Å². The van der Waals surface area contributed by atoms with Crippen LogP contribution < -0.4 is 0 Å². The molecule has 0 radical (unpaired) electrons. The molecule has 0 N–H and O–H groups in total. The normalized spacial score (nSPS) is 11.9. The molecule has 0 fully saturated rings. The minimum atomic E-state index is -3.19. The summed E-state index contributed by atoms with van der Waals surface area (Å²) < 4.78 is 24.0. The van der Waals surface area contributed by atoms with E-state index in [-0.39, 0.29) is 0 Å². The number of sulfone groups is 1. The molecule has 0 amide bonds. The standard InChI is InChI=1S/C10H8INO2S/c1-15(13,14)10-4-2-3-9-8(10)5-7(11)6-12-9/h2-6H,1H3. The van der Waals surface area contributed by atoms with Crippen LogP contribution in [0.1, 0.15) is 0 Å². The average molecular weight is 333 g/mol. The molecule has 0 aliphatic rings. The minimum Gasteiger partial charge on any atom is -0.255 e. The number of hydrogen-bond donors (Lipinski definition) is 0. The lowest BCUT2D eigenvalue weighted by atomic mass is 10.2. The zero-order valence-corrected chi connectivity index (χ0v) is 10.9. The van der Waals surface area contributed by atoms with E-state index in [1.165, 1.54) is 6.26 Å². The molecule has 0 aliphatic carbocycles. The first-order chi connectivity index (χ1) is 6.98. The molecule has 3 nitrogen and oxygen atoms in total. The van der Waals surface area contributed by atoms with Crippen LogP contribution in [0, 0.1) is 3.57 Å². The summed E-state index contributed by atoms with van der Waals surface area (Å²) in [5, 5.41) is 0.687. The van der Waals surface area contributed by atoms with Gasteiger partial charge in [0.05, 0.1) is 10.4 Å². The molecule has 1 aromatic carbocycles. The van der Waals surface area contributed by atoms with Crippen molar-refractivity contribution in [2.75, 3.05) is 6.26 Å². The number of nitrogens with zero attached hydrogens (tertiary/aromatic N) is 1. The molecule has 15 heavy (non-hydrogen) atoms. The lowest BCUT2D eigenvalue weighted by molar-refractivity contribution is 0.602. The van der Waals surface area contributed by atoms with Gasteiger partial charge in [0, 0.05) is 21.4 Å². The van der Waals surface area contributed by atoms with E-state index in [0.29, 0.717) is 15.8 Å². The van der Waals surface area contributed by atoms with Gasteiger partial charge in [0.2, 0.25) is 0 Å². The SMILES string of the molecule is CS(=O)(=O)c1cccc2ncc(I)cc12. The smallest absolute Gasteiger partial charge is 0.176 e. The van der Waals surface area contributed by atoms with E-state index in [1.54, 1.807) is 24.4 Å². The second-order valence-electron chi connectivity index (χ2n) is 3.25. The maximum absolute atomic E-state index is 11.5. The van der Waals surface area contributed by atoms with Crippen LogP contribution in [-0.2, 0) is 9.84 Å². The molecule has 78 valence electrons. The highest BCUT2D eigenvalue weighted by Crippen LogP contribution is 2.22. The maximum atomic E-state index is 11.5. The van der Waals surface area contributed by atoms with Crippen molar-refractivity contribution >= 4 is 43.3 Å². The number of rotatable bonds is 1. The predicted octanol–water partition coefficient (Wildman–Crippen LogP) is 2.24. The first-order valence-corrected chi connectivity index (χ1v) is 7.20. The van der Waals surface area contributed by atoms with Crippen LogP contribution in [0.2, 0.25) is 0 Å². The highest BCUT2D eigenvalue weighted by atomic mass is 127. The van der Waals surface area contributed by atoms with Crippen LogP contribution in [0.15, 0.2) is 35.4 Å². The Morgan fingerprint density at radius 2 is 2.07 bits per heavy atom. The Morgan fingerprint density at radius 3 is 2.73 bits per heavy atom. The van der Waals surface area contributed by atoms with E-state index >= 15 is 0 Å². The Kier molecular flexibility index (Phi) is 2.68. The summed E-state index contributed by atoms with van der Waals surface area (Å²) in [5.74, 6) is 0. The highest BCUT2D eigenvalue weighted by Gasteiger charge is 2.11. The summed E-state index contributed by atoms with van der Waals surface area (Å²) in [5.41, 5.74) is 0.707. The van der Waals surface area contributed by atoms with Gasteiger partial charge < -0.3 is 0 Å². The fourth-order valence-corrected chi connectivity index (χ4v) is 2.76. The third kappa shape index (κ3) is 2.12. The van der Waals surface area contributed by atoms with Crippen LogP contribution in [0.4, 0.5) is 0 Å².